The van der Waals surface area contributed by atoms with Crippen LogP contribution in [0.1, 0.15) is 23.1 Å². The van der Waals surface area contributed by atoms with E-state index in [1.165, 1.54) is 11.1 Å². The summed E-state index contributed by atoms with van der Waals surface area (Å²) in [5.41, 5.74) is 3.77. The molecule has 0 aromatic heterocycles. The minimum absolute atomic E-state index is 0.214. The molecule has 3 heteroatoms. The number of benzene rings is 1. The normalized spacial score (nSPS) is 14.0. The summed E-state index contributed by atoms with van der Waals surface area (Å²) >= 11 is 0. The standard InChI is InChI=1S/C11H13NO2/c13-11(14)4-2-8-1-3-9-6-12-7-10(9)5-8/h1,3,5,12H,2,4,6-7H2,(H,13,14). The topological polar surface area (TPSA) is 49.3 Å². The van der Waals surface area contributed by atoms with Gasteiger partial charge in [-0.2, -0.15) is 0 Å². The van der Waals surface area contributed by atoms with Crippen LogP contribution >= 0.6 is 0 Å². The van der Waals surface area contributed by atoms with Gasteiger partial charge in [-0.25, -0.2) is 0 Å². The van der Waals surface area contributed by atoms with Crippen LogP contribution in [0.15, 0.2) is 18.2 Å². The largest absolute Gasteiger partial charge is 0.481 e. The van der Waals surface area contributed by atoms with E-state index in [0.29, 0.717) is 6.42 Å². The molecule has 1 aromatic carbocycles. The molecule has 1 aromatic rings. The number of aliphatic carboxylic acids is 1. The molecular weight excluding hydrogens is 178 g/mol. The van der Waals surface area contributed by atoms with Gasteiger partial charge < -0.3 is 10.4 Å². The Morgan fingerprint density at radius 1 is 1.36 bits per heavy atom. The predicted molar refractivity (Wildman–Crippen MR) is 52.9 cm³/mol. The molecular formula is C11H13NO2. The molecule has 3 nitrogen and oxygen atoms in total. The van der Waals surface area contributed by atoms with E-state index in [0.717, 1.165) is 18.7 Å². The highest BCUT2D eigenvalue weighted by Crippen LogP contribution is 2.17. The van der Waals surface area contributed by atoms with E-state index >= 15 is 0 Å². The van der Waals surface area contributed by atoms with E-state index in [2.05, 4.69) is 17.4 Å². The number of fused-ring (bicyclic) bond motifs is 1. The van der Waals surface area contributed by atoms with Crippen molar-refractivity contribution < 1.29 is 9.90 Å². The fourth-order valence-corrected chi connectivity index (χ4v) is 1.75. The van der Waals surface area contributed by atoms with Gasteiger partial charge in [-0.1, -0.05) is 18.2 Å². The van der Waals surface area contributed by atoms with Crippen molar-refractivity contribution in [2.45, 2.75) is 25.9 Å². The zero-order valence-corrected chi connectivity index (χ0v) is 7.92. The summed E-state index contributed by atoms with van der Waals surface area (Å²) in [7, 11) is 0. The van der Waals surface area contributed by atoms with Gasteiger partial charge in [0.25, 0.3) is 0 Å². The Morgan fingerprint density at radius 3 is 2.93 bits per heavy atom. The van der Waals surface area contributed by atoms with Crippen molar-refractivity contribution >= 4 is 5.97 Å². The van der Waals surface area contributed by atoms with Crippen molar-refractivity contribution in [1.29, 1.82) is 0 Å². The summed E-state index contributed by atoms with van der Waals surface area (Å²) in [5, 5.41) is 11.8. The predicted octanol–water partition coefficient (Wildman–Crippen LogP) is 1.31. The maximum absolute atomic E-state index is 10.4. The quantitative estimate of drug-likeness (QED) is 0.757. The van der Waals surface area contributed by atoms with Crippen LogP contribution in [0.4, 0.5) is 0 Å². The molecule has 0 aliphatic carbocycles. The molecule has 2 N–H and O–H groups in total. The molecule has 2 rings (SSSR count). The van der Waals surface area contributed by atoms with Crippen LogP contribution in [0.2, 0.25) is 0 Å². The van der Waals surface area contributed by atoms with E-state index in [4.69, 9.17) is 5.11 Å². The second kappa shape index (κ2) is 3.80. The Hall–Kier alpha value is -1.35. The van der Waals surface area contributed by atoms with Crippen LogP contribution in [0.25, 0.3) is 0 Å². The molecule has 1 aliphatic heterocycles. The zero-order chi connectivity index (χ0) is 9.97. The van der Waals surface area contributed by atoms with Crippen molar-refractivity contribution in [3.63, 3.8) is 0 Å². The molecule has 1 aliphatic rings. The van der Waals surface area contributed by atoms with Gasteiger partial charge in [0.2, 0.25) is 0 Å². The fourth-order valence-electron chi connectivity index (χ4n) is 1.75. The van der Waals surface area contributed by atoms with Gasteiger partial charge in [0.15, 0.2) is 0 Å². The lowest BCUT2D eigenvalue weighted by Crippen LogP contribution is -2.00. The number of carbonyl (C=O) groups is 1. The molecule has 0 saturated carbocycles. The van der Waals surface area contributed by atoms with Crippen LogP contribution < -0.4 is 5.32 Å². The summed E-state index contributed by atoms with van der Waals surface area (Å²) in [6, 6.07) is 6.22. The molecule has 0 bridgehead atoms. The van der Waals surface area contributed by atoms with Crippen molar-refractivity contribution in [2.75, 3.05) is 0 Å². The van der Waals surface area contributed by atoms with Gasteiger partial charge in [0.05, 0.1) is 0 Å². The Balaban J connectivity index is 2.09. The Bertz CT molecular complexity index is 360. The third-order valence-electron chi connectivity index (χ3n) is 2.53. The lowest BCUT2D eigenvalue weighted by molar-refractivity contribution is -0.136. The highest BCUT2D eigenvalue weighted by Gasteiger charge is 2.10. The van der Waals surface area contributed by atoms with Gasteiger partial charge in [-0.05, 0) is 23.1 Å². The summed E-state index contributed by atoms with van der Waals surface area (Å²) in [6.45, 7) is 1.85. The van der Waals surface area contributed by atoms with Crippen LogP contribution in [-0.4, -0.2) is 11.1 Å². The molecule has 14 heavy (non-hydrogen) atoms. The maximum atomic E-state index is 10.4. The van der Waals surface area contributed by atoms with E-state index in [9.17, 15) is 4.79 Å². The highest BCUT2D eigenvalue weighted by molar-refractivity contribution is 5.67. The second-order valence-electron chi connectivity index (χ2n) is 3.60. The van der Waals surface area contributed by atoms with Gasteiger partial charge >= 0.3 is 5.97 Å². The van der Waals surface area contributed by atoms with Gasteiger partial charge in [-0.3, -0.25) is 4.79 Å². The zero-order valence-electron chi connectivity index (χ0n) is 7.92. The number of carboxylic acids is 1. The van der Waals surface area contributed by atoms with Gasteiger partial charge in [-0.15, -0.1) is 0 Å². The Labute approximate surface area is 82.8 Å². The van der Waals surface area contributed by atoms with Gasteiger partial charge in [0.1, 0.15) is 0 Å². The Kier molecular flexibility index (Phi) is 2.50. The molecule has 0 spiro atoms. The number of hydrogen-bond acceptors (Lipinski definition) is 2. The van der Waals surface area contributed by atoms with Crippen LogP contribution in [0, 0.1) is 0 Å². The third-order valence-corrected chi connectivity index (χ3v) is 2.53. The molecule has 1 heterocycles. The molecule has 0 unspecified atom stereocenters. The monoisotopic (exact) mass is 191 g/mol. The summed E-state index contributed by atoms with van der Waals surface area (Å²) in [5.74, 6) is -0.733. The van der Waals surface area contributed by atoms with E-state index < -0.39 is 5.97 Å². The summed E-state index contributed by atoms with van der Waals surface area (Å²) < 4.78 is 0. The van der Waals surface area contributed by atoms with Crippen molar-refractivity contribution in [3.05, 3.63) is 34.9 Å². The molecule has 0 fully saturated rings. The maximum Gasteiger partial charge on any atom is 0.303 e. The summed E-state index contributed by atoms with van der Waals surface area (Å²) in [4.78, 5) is 10.4. The molecule has 0 amide bonds. The van der Waals surface area contributed by atoms with Gasteiger partial charge in [0, 0.05) is 19.5 Å². The van der Waals surface area contributed by atoms with Crippen LogP contribution in [-0.2, 0) is 24.3 Å². The SMILES string of the molecule is O=C(O)CCc1ccc2c(c1)CNC2. The number of hydrogen-bond donors (Lipinski definition) is 2. The minimum Gasteiger partial charge on any atom is -0.481 e. The summed E-state index contributed by atoms with van der Waals surface area (Å²) in [6.07, 6.45) is 0.842. The average molecular weight is 191 g/mol. The molecule has 0 atom stereocenters. The van der Waals surface area contributed by atoms with E-state index in [1.807, 2.05) is 6.07 Å². The van der Waals surface area contributed by atoms with Crippen molar-refractivity contribution in [1.82, 2.24) is 5.32 Å². The first-order chi connectivity index (χ1) is 6.75. The minimum atomic E-state index is -0.733. The fraction of sp³-hybridized carbons (Fsp3) is 0.364. The lowest BCUT2D eigenvalue weighted by Gasteiger charge is -2.02. The second-order valence-corrected chi connectivity index (χ2v) is 3.60. The molecule has 74 valence electrons. The first-order valence-corrected chi connectivity index (χ1v) is 4.79. The van der Waals surface area contributed by atoms with Crippen LogP contribution in [0.3, 0.4) is 0 Å². The number of nitrogens with one attached hydrogen (secondary N) is 1. The molecule has 0 saturated heterocycles. The Morgan fingerprint density at radius 2 is 2.14 bits per heavy atom. The first-order valence-electron chi connectivity index (χ1n) is 4.79. The van der Waals surface area contributed by atoms with E-state index in [1.54, 1.807) is 0 Å². The first kappa shape index (κ1) is 9.21. The van der Waals surface area contributed by atoms with Crippen LogP contribution in [0.5, 0.6) is 0 Å². The molecule has 0 radical (unpaired) electrons. The number of carboxylic acid groups (broad SMARTS) is 1. The lowest BCUT2D eigenvalue weighted by atomic mass is 10.0. The van der Waals surface area contributed by atoms with Crippen molar-refractivity contribution in [3.8, 4) is 0 Å². The van der Waals surface area contributed by atoms with Crippen molar-refractivity contribution in [2.24, 2.45) is 0 Å². The number of aryl methyl sites for hydroxylation is 1. The highest BCUT2D eigenvalue weighted by atomic mass is 16.4. The van der Waals surface area contributed by atoms with E-state index in [-0.39, 0.29) is 6.42 Å². The smallest absolute Gasteiger partial charge is 0.303 e. The number of rotatable bonds is 3. The third kappa shape index (κ3) is 1.93. The average Bonchev–Trinajstić information content (AvgIpc) is 2.61.